The first kappa shape index (κ1) is 22.9. The molecular formula is C21H21Br3N2O5. The monoisotopic (exact) mass is 618 g/mol. The number of alkyl halides is 2. The fraction of sp³-hybridized carbons (Fsp3) is 0.524. The molecule has 0 aromatic heterocycles. The molecule has 3 amide bonds. The molecule has 4 rings (SSSR count). The molecule has 2 saturated carbocycles. The smallest absolute Gasteiger partial charge is 0.326 e. The van der Waals surface area contributed by atoms with Crippen molar-refractivity contribution in [2.75, 3.05) is 18.5 Å². The lowest BCUT2D eigenvalue weighted by atomic mass is 9.81. The SMILES string of the molecule is CCc1cc(Br)ccc1NC(=O)COC(=O)CN1C(=O)[C@@H]2[C@H]3C[C@@H]([C@H](Br)[C@H]3Br)[C@@H]2C1=O. The Kier molecular flexibility index (Phi) is 6.61. The summed E-state index contributed by atoms with van der Waals surface area (Å²) in [6.45, 7) is 1.02. The van der Waals surface area contributed by atoms with E-state index in [0.29, 0.717) is 5.69 Å². The zero-order valence-electron chi connectivity index (χ0n) is 16.6. The molecule has 0 spiro atoms. The van der Waals surface area contributed by atoms with Gasteiger partial charge in [0.25, 0.3) is 5.91 Å². The first-order valence-electron chi connectivity index (χ1n) is 10.1. The van der Waals surface area contributed by atoms with Crippen LogP contribution < -0.4 is 5.32 Å². The van der Waals surface area contributed by atoms with Crippen molar-refractivity contribution in [3.63, 3.8) is 0 Å². The Bertz CT molecular complexity index is 923. The molecule has 7 nitrogen and oxygen atoms in total. The summed E-state index contributed by atoms with van der Waals surface area (Å²) < 4.78 is 5.95. The highest BCUT2D eigenvalue weighted by atomic mass is 79.9. The summed E-state index contributed by atoms with van der Waals surface area (Å²) in [5.41, 5.74) is 1.59. The van der Waals surface area contributed by atoms with Crippen LogP contribution in [0.4, 0.5) is 5.69 Å². The Balaban J connectivity index is 1.32. The van der Waals surface area contributed by atoms with Gasteiger partial charge in [-0.1, -0.05) is 54.7 Å². The van der Waals surface area contributed by atoms with Crippen LogP contribution in [0.1, 0.15) is 18.9 Å². The van der Waals surface area contributed by atoms with Gasteiger partial charge in [-0.25, -0.2) is 0 Å². The number of rotatable bonds is 6. The zero-order chi connectivity index (χ0) is 22.4. The van der Waals surface area contributed by atoms with Crippen LogP contribution in [0.2, 0.25) is 0 Å². The van der Waals surface area contributed by atoms with Gasteiger partial charge in [0.05, 0.1) is 11.8 Å². The van der Waals surface area contributed by atoms with Crippen LogP contribution in [0, 0.1) is 23.7 Å². The lowest BCUT2D eigenvalue weighted by Gasteiger charge is -2.28. The second-order valence-corrected chi connectivity index (χ2v) is 11.2. The van der Waals surface area contributed by atoms with Gasteiger partial charge < -0.3 is 10.1 Å². The van der Waals surface area contributed by atoms with Gasteiger partial charge in [0.2, 0.25) is 11.8 Å². The Morgan fingerprint density at radius 3 is 2.32 bits per heavy atom. The Hall–Kier alpha value is -1.26. The number of hydrogen-bond acceptors (Lipinski definition) is 5. The van der Waals surface area contributed by atoms with E-state index < -0.39 is 25.0 Å². The lowest BCUT2D eigenvalue weighted by Crippen LogP contribution is -2.38. The summed E-state index contributed by atoms with van der Waals surface area (Å²) in [4.78, 5) is 51.4. The number of anilines is 1. The van der Waals surface area contributed by atoms with E-state index in [9.17, 15) is 19.2 Å². The molecule has 166 valence electrons. The molecule has 2 bridgehead atoms. The van der Waals surface area contributed by atoms with Crippen LogP contribution >= 0.6 is 47.8 Å². The number of carbonyl (C=O) groups excluding carboxylic acids is 4. The maximum Gasteiger partial charge on any atom is 0.326 e. The summed E-state index contributed by atoms with van der Waals surface area (Å²) in [7, 11) is 0. The molecule has 31 heavy (non-hydrogen) atoms. The molecule has 1 aliphatic heterocycles. The van der Waals surface area contributed by atoms with Gasteiger partial charge in [-0.3, -0.25) is 24.1 Å². The highest BCUT2D eigenvalue weighted by molar-refractivity contribution is 9.12. The van der Waals surface area contributed by atoms with Crippen molar-refractivity contribution in [1.29, 1.82) is 0 Å². The van der Waals surface area contributed by atoms with E-state index in [-0.39, 0.29) is 45.1 Å². The molecule has 2 aliphatic carbocycles. The third-order valence-electron chi connectivity index (χ3n) is 6.45. The number of nitrogens with one attached hydrogen (secondary N) is 1. The number of aryl methyl sites for hydroxylation is 1. The number of nitrogens with zero attached hydrogens (tertiary/aromatic N) is 1. The number of amides is 3. The van der Waals surface area contributed by atoms with Crippen molar-refractivity contribution in [2.24, 2.45) is 23.7 Å². The number of halogens is 3. The number of benzene rings is 1. The number of likely N-dealkylation sites (tertiary alicyclic amines) is 1. The van der Waals surface area contributed by atoms with Crippen LogP contribution in [-0.2, 0) is 30.3 Å². The molecule has 3 aliphatic rings. The van der Waals surface area contributed by atoms with Crippen molar-refractivity contribution in [1.82, 2.24) is 4.90 Å². The Labute approximate surface area is 205 Å². The fourth-order valence-corrected chi connectivity index (χ4v) is 7.33. The molecule has 1 aromatic rings. The van der Waals surface area contributed by atoms with Gasteiger partial charge >= 0.3 is 5.97 Å². The van der Waals surface area contributed by atoms with E-state index in [0.717, 1.165) is 27.8 Å². The molecule has 1 saturated heterocycles. The first-order valence-corrected chi connectivity index (χ1v) is 12.7. The number of esters is 1. The van der Waals surface area contributed by atoms with Crippen molar-refractivity contribution >= 4 is 77.2 Å². The highest BCUT2D eigenvalue weighted by Crippen LogP contribution is 2.60. The Morgan fingerprint density at radius 1 is 1.13 bits per heavy atom. The predicted molar refractivity (Wildman–Crippen MR) is 124 cm³/mol. The summed E-state index contributed by atoms with van der Waals surface area (Å²) in [5.74, 6) is -2.47. The van der Waals surface area contributed by atoms with E-state index in [1.807, 2.05) is 19.1 Å². The summed E-state index contributed by atoms with van der Waals surface area (Å²) in [6.07, 6.45) is 1.55. The highest BCUT2D eigenvalue weighted by Gasteiger charge is 2.66. The van der Waals surface area contributed by atoms with Crippen LogP contribution in [0.25, 0.3) is 0 Å². The zero-order valence-corrected chi connectivity index (χ0v) is 21.4. The molecule has 0 unspecified atom stereocenters. The van der Waals surface area contributed by atoms with Gasteiger partial charge in [-0.2, -0.15) is 0 Å². The minimum atomic E-state index is -0.776. The van der Waals surface area contributed by atoms with Gasteiger partial charge in [-0.05, 0) is 48.4 Å². The van der Waals surface area contributed by atoms with E-state index in [4.69, 9.17) is 4.74 Å². The Morgan fingerprint density at radius 2 is 1.74 bits per heavy atom. The van der Waals surface area contributed by atoms with Crippen LogP contribution in [0.15, 0.2) is 22.7 Å². The minimum absolute atomic E-state index is 0.0845. The molecule has 3 fully saturated rings. The molecule has 1 N–H and O–H groups in total. The van der Waals surface area contributed by atoms with Crippen LogP contribution in [-0.4, -0.2) is 51.4 Å². The molecule has 1 aromatic carbocycles. The van der Waals surface area contributed by atoms with Gasteiger partial charge in [0.15, 0.2) is 6.61 Å². The molecule has 0 radical (unpaired) electrons. The number of ether oxygens (including phenoxy) is 1. The number of imide groups is 1. The quantitative estimate of drug-likeness (QED) is 0.300. The van der Waals surface area contributed by atoms with Crippen molar-refractivity contribution in [3.8, 4) is 0 Å². The molecular weight excluding hydrogens is 600 g/mol. The van der Waals surface area contributed by atoms with Gasteiger partial charge in [0.1, 0.15) is 6.54 Å². The largest absolute Gasteiger partial charge is 0.454 e. The average molecular weight is 621 g/mol. The third-order valence-corrected chi connectivity index (χ3v) is 10.2. The topological polar surface area (TPSA) is 92.8 Å². The number of carbonyl (C=O) groups is 4. The minimum Gasteiger partial charge on any atom is -0.454 e. The van der Waals surface area contributed by atoms with Crippen LogP contribution in [0.3, 0.4) is 0 Å². The van der Waals surface area contributed by atoms with Crippen molar-refractivity contribution in [3.05, 3.63) is 28.2 Å². The van der Waals surface area contributed by atoms with Gasteiger partial charge in [0, 0.05) is 19.8 Å². The summed E-state index contributed by atoms with van der Waals surface area (Å²) in [6, 6.07) is 5.49. The van der Waals surface area contributed by atoms with Crippen molar-refractivity contribution in [2.45, 2.75) is 29.4 Å². The molecule has 10 heteroatoms. The van der Waals surface area contributed by atoms with Crippen LogP contribution in [0.5, 0.6) is 0 Å². The number of fused-ring (bicyclic) bond motifs is 5. The summed E-state index contributed by atoms with van der Waals surface area (Å²) in [5, 5.41) is 2.72. The molecule has 1 heterocycles. The first-order chi connectivity index (χ1) is 14.7. The maximum absolute atomic E-state index is 12.8. The normalized spacial score (nSPS) is 31.2. The maximum atomic E-state index is 12.8. The van der Waals surface area contributed by atoms with E-state index in [1.54, 1.807) is 6.07 Å². The summed E-state index contributed by atoms with van der Waals surface area (Å²) >= 11 is 10.7. The van der Waals surface area contributed by atoms with E-state index >= 15 is 0 Å². The predicted octanol–water partition coefficient (Wildman–Crippen LogP) is 3.27. The fourth-order valence-electron chi connectivity index (χ4n) is 5.05. The average Bonchev–Trinajstić information content (AvgIpc) is 3.34. The van der Waals surface area contributed by atoms with E-state index in [1.165, 1.54) is 0 Å². The van der Waals surface area contributed by atoms with Gasteiger partial charge in [-0.15, -0.1) is 0 Å². The standard InChI is InChI=1S/C21H21Br3N2O5/c1-2-9-5-10(22)3-4-13(9)25-14(27)8-31-15(28)7-26-20(29)16-11-6-12(17(16)21(26)30)19(24)18(11)23/h3-5,11-12,16-19H,2,6-8H2,1H3,(H,25,27)/t11-,12-,16-,17+,18+,19+/m1/s1. The second kappa shape index (κ2) is 8.94. The second-order valence-electron chi connectivity index (χ2n) is 8.13. The molecule has 6 atom stereocenters. The lowest BCUT2D eigenvalue weighted by molar-refractivity contribution is -0.154. The van der Waals surface area contributed by atoms with E-state index in [2.05, 4.69) is 53.1 Å². The van der Waals surface area contributed by atoms with Crippen molar-refractivity contribution < 1.29 is 23.9 Å². The third kappa shape index (κ3) is 4.11. The number of hydrogen-bond donors (Lipinski definition) is 1.